The van der Waals surface area contributed by atoms with Crippen molar-refractivity contribution in [2.45, 2.75) is 52.0 Å². The minimum atomic E-state index is -0.119. The van der Waals surface area contributed by atoms with Gasteiger partial charge in [-0.1, -0.05) is 6.92 Å². The van der Waals surface area contributed by atoms with E-state index in [1.807, 2.05) is 17.7 Å². The Kier molecular flexibility index (Phi) is 4.18. The molecule has 1 N–H and O–H groups in total. The summed E-state index contributed by atoms with van der Waals surface area (Å²) >= 11 is 0. The molecule has 2 aliphatic rings. The second kappa shape index (κ2) is 6.10. The summed E-state index contributed by atoms with van der Waals surface area (Å²) in [6.45, 7) is 5.95. The van der Waals surface area contributed by atoms with E-state index < -0.39 is 0 Å². The average molecular weight is 304 g/mol. The number of hydrogen-bond acceptors (Lipinski definition) is 3. The second-order valence-corrected chi connectivity index (χ2v) is 6.21. The average Bonchev–Trinajstić information content (AvgIpc) is 3.10. The molecular formula is C16H24N4O2. The van der Waals surface area contributed by atoms with E-state index >= 15 is 0 Å². The molecule has 1 aliphatic heterocycles. The Morgan fingerprint density at radius 3 is 2.73 bits per heavy atom. The summed E-state index contributed by atoms with van der Waals surface area (Å²) in [7, 11) is 0. The predicted octanol–water partition coefficient (Wildman–Crippen LogP) is 1.98. The lowest BCUT2D eigenvalue weighted by Gasteiger charge is -2.14. The zero-order valence-corrected chi connectivity index (χ0v) is 13.3. The highest BCUT2D eigenvalue weighted by Crippen LogP contribution is 2.40. The molecule has 2 fully saturated rings. The molecule has 1 aliphatic carbocycles. The smallest absolute Gasteiger partial charge is 0.230 e. The molecule has 1 saturated carbocycles. The summed E-state index contributed by atoms with van der Waals surface area (Å²) in [5, 5.41) is 7.41. The first-order chi connectivity index (χ1) is 10.6. The maximum absolute atomic E-state index is 12.4. The maximum Gasteiger partial charge on any atom is 0.230 e. The first-order valence-corrected chi connectivity index (χ1v) is 8.28. The number of anilines is 1. The normalized spacial score (nSPS) is 21.2. The van der Waals surface area contributed by atoms with Gasteiger partial charge < -0.3 is 10.2 Å². The number of likely N-dealkylation sites (tertiary alicyclic amines) is 1. The molecule has 0 spiro atoms. The van der Waals surface area contributed by atoms with Crippen LogP contribution >= 0.6 is 0 Å². The van der Waals surface area contributed by atoms with Crippen LogP contribution in [-0.2, 0) is 16.1 Å². The van der Waals surface area contributed by atoms with Crippen molar-refractivity contribution in [3.8, 4) is 0 Å². The highest BCUT2D eigenvalue weighted by atomic mass is 16.2. The molecule has 2 amide bonds. The van der Waals surface area contributed by atoms with Crippen LogP contribution in [0.4, 0.5) is 5.82 Å². The number of carbonyl (C=O) groups is 2. The van der Waals surface area contributed by atoms with Crippen molar-refractivity contribution in [3.05, 3.63) is 11.8 Å². The van der Waals surface area contributed by atoms with E-state index in [1.165, 1.54) is 18.5 Å². The fourth-order valence-electron chi connectivity index (χ4n) is 3.11. The number of aryl methyl sites for hydroxylation is 1. The van der Waals surface area contributed by atoms with Crippen LogP contribution in [0, 0.1) is 5.92 Å². The molecule has 1 atom stereocenters. The predicted molar refractivity (Wildman–Crippen MR) is 83.5 cm³/mol. The first-order valence-electron chi connectivity index (χ1n) is 8.28. The highest BCUT2D eigenvalue weighted by Gasteiger charge is 2.32. The Morgan fingerprint density at radius 1 is 1.32 bits per heavy atom. The van der Waals surface area contributed by atoms with Gasteiger partial charge >= 0.3 is 0 Å². The third kappa shape index (κ3) is 3.00. The molecule has 1 unspecified atom stereocenters. The van der Waals surface area contributed by atoms with Gasteiger partial charge in [0.05, 0.1) is 5.92 Å². The summed E-state index contributed by atoms with van der Waals surface area (Å²) < 4.78 is 1.98. The number of rotatable bonds is 5. The van der Waals surface area contributed by atoms with Crippen LogP contribution < -0.4 is 5.32 Å². The molecule has 0 aromatic carbocycles. The van der Waals surface area contributed by atoms with E-state index in [0.717, 1.165) is 13.0 Å². The molecular weight excluding hydrogens is 280 g/mol. The van der Waals surface area contributed by atoms with E-state index in [4.69, 9.17) is 0 Å². The van der Waals surface area contributed by atoms with Gasteiger partial charge in [-0.3, -0.25) is 14.3 Å². The summed E-state index contributed by atoms with van der Waals surface area (Å²) in [5.74, 6) is 1.25. The molecule has 6 heteroatoms. The third-order valence-electron chi connectivity index (χ3n) is 4.57. The van der Waals surface area contributed by atoms with Gasteiger partial charge in [-0.25, -0.2) is 0 Å². The van der Waals surface area contributed by atoms with Crippen LogP contribution in [0.15, 0.2) is 6.07 Å². The zero-order chi connectivity index (χ0) is 15.7. The van der Waals surface area contributed by atoms with E-state index in [2.05, 4.69) is 17.3 Å². The number of nitrogens with one attached hydrogen (secondary N) is 1. The fourth-order valence-corrected chi connectivity index (χ4v) is 3.11. The van der Waals surface area contributed by atoms with Crippen molar-refractivity contribution in [1.82, 2.24) is 14.7 Å². The van der Waals surface area contributed by atoms with Gasteiger partial charge in [-0.05, 0) is 26.2 Å². The standard InChI is InChI=1S/C16H24N4O2/c1-3-15(21)19-8-7-12(10-19)16(22)17-14-9-13(11-5-6-11)20(4-2)18-14/h9,11-12H,3-8,10H2,1-2H3,(H,17,18,22). The summed E-state index contributed by atoms with van der Waals surface area (Å²) in [6, 6.07) is 2.00. The van der Waals surface area contributed by atoms with Crippen LogP contribution in [0.5, 0.6) is 0 Å². The van der Waals surface area contributed by atoms with Crippen molar-refractivity contribution < 1.29 is 9.59 Å². The lowest BCUT2D eigenvalue weighted by molar-refractivity contribution is -0.130. The van der Waals surface area contributed by atoms with E-state index in [9.17, 15) is 9.59 Å². The van der Waals surface area contributed by atoms with Crippen molar-refractivity contribution in [2.24, 2.45) is 5.92 Å². The van der Waals surface area contributed by atoms with Gasteiger partial charge in [0.15, 0.2) is 5.82 Å². The van der Waals surface area contributed by atoms with Crippen molar-refractivity contribution >= 4 is 17.6 Å². The van der Waals surface area contributed by atoms with Gasteiger partial charge in [0.2, 0.25) is 11.8 Å². The van der Waals surface area contributed by atoms with Crippen LogP contribution in [0.25, 0.3) is 0 Å². The molecule has 0 radical (unpaired) electrons. The Bertz CT molecular complexity index is 577. The number of aromatic nitrogens is 2. The van der Waals surface area contributed by atoms with Gasteiger partial charge in [0.25, 0.3) is 0 Å². The van der Waals surface area contributed by atoms with Gasteiger partial charge in [-0.15, -0.1) is 0 Å². The largest absolute Gasteiger partial charge is 0.342 e. The molecule has 1 aromatic heterocycles. The maximum atomic E-state index is 12.4. The monoisotopic (exact) mass is 304 g/mol. The van der Waals surface area contributed by atoms with Crippen molar-refractivity contribution in [2.75, 3.05) is 18.4 Å². The lowest BCUT2D eigenvalue weighted by Crippen LogP contribution is -2.31. The topological polar surface area (TPSA) is 67.2 Å². The number of nitrogens with zero attached hydrogens (tertiary/aromatic N) is 3. The van der Waals surface area contributed by atoms with E-state index in [0.29, 0.717) is 31.2 Å². The van der Waals surface area contributed by atoms with Gasteiger partial charge in [-0.2, -0.15) is 5.10 Å². The molecule has 2 heterocycles. The van der Waals surface area contributed by atoms with Crippen molar-refractivity contribution in [3.63, 3.8) is 0 Å². The Hall–Kier alpha value is -1.85. The van der Waals surface area contributed by atoms with E-state index in [-0.39, 0.29) is 17.7 Å². The van der Waals surface area contributed by atoms with Crippen LogP contribution in [0.2, 0.25) is 0 Å². The fraction of sp³-hybridized carbons (Fsp3) is 0.688. The summed E-state index contributed by atoms with van der Waals surface area (Å²) in [6.07, 6.45) is 3.67. The lowest BCUT2D eigenvalue weighted by atomic mass is 10.1. The molecule has 6 nitrogen and oxygen atoms in total. The minimum Gasteiger partial charge on any atom is -0.342 e. The zero-order valence-electron chi connectivity index (χ0n) is 13.3. The molecule has 0 bridgehead atoms. The molecule has 3 rings (SSSR count). The Balaban J connectivity index is 1.61. The third-order valence-corrected chi connectivity index (χ3v) is 4.57. The molecule has 22 heavy (non-hydrogen) atoms. The SMILES string of the molecule is CCC(=O)N1CCC(C(=O)Nc2cc(C3CC3)n(CC)n2)C1. The molecule has 1 aromatic rings. The van der Waals surface area contributed by atoms with Crippen LogP contribution in [-0.4, -0.2) is 39.6 Å². The first kappa shape index (κ1) is 15.1. The summed E-state index contributed by atoms with van der Waals surface area (Å²) in [5.41, 5.74) is 1.23. The summed E-state index contributed by atoms with van der Waals surface area (Å²) in [4.78, 5) is 25.8. The second-order valence-electron chi connectivity index (χ2n) is 6.21. The molecule has 1 saturated heterocycles. The number of hydrogen-bond donors (Lipinski definition) is 1. The number of carbonyl (C=O) groups excluding carboxylic acids is 2. The van der Waals surface area contributed by atoms with Gasteiger partial charge in [0, 0.05) is 43.7 Å². The van der Waals surface area contributed by atoms with Crippen molar-refractivity contribution in [1.29, 1.82) is 0 Å². The quantitative estimate of drug-likeness (QED) is 0.904. The number of amides is 2. The Morgan fingerprint density at radius 2 is 2.09 bits per heavy atom. The van der Waals surface area contributed by atoms with Crippen LogP contribution in [0.3, 0.4) is 0 Å². The Labute approximate surface area is 130 Å². The van der Waals surface area contributed by atoms with Crippen LogP contribution in [0.1, 0.15) is 51.1 Å². The molecule has 120 valence electrons. The van der Waals surface area contributed by atoms with E-state index in [1.54, 1.807) is 4.90 Å². The minimum absolute atomic E-state index is 0.0190. The van der Waals surface area contributed by atoms with Gasteiger partial charge in [0.1, 0.15) is 0 Å². The highest BCUT2D eigenvalue weighted by molar-refractivity contribution is 5.92.